The summed E-state index contributed by atoms with van der Waals surface area (Å²) < 4.78 is 0. The van der Waals surface area contributed by atoms with E-state index in [-0.39, 0.29) is 0 Å². The molecule has 1 heterocycles. The molecule has 0 radical (unpaired) electrons. The van der Waals surface area contributed by atoms with E-state index in [4.69, 9.17) is 0 Å². The van der Waals surface area contributed by atoms with Gasteiger partial charge in [0, 0.05) is 6.54 Å². The standard InChI is InChI=1S/C13H23N3/c1-2-3-4-5-6-7-8-9-16-13-10-14-12-15-11-13/h10-12,16H,2-9H2,1H3. The third-order valence-electron chi connectivity index (χ3n) is 2.67. The van der Waals surface area contributed by atoms with Gasteiger partial charge in [0.15, 0.2) is 0 Å². The molecule has 0 aliphatic carbocycles. The van der Waals surface area contributed by atoms with Gasteiger partial charge in [-0.3, -0.25) is 0 Å². The Bertz CT molecular complexity index is 249. The first-order chi connectivity index (χ1) is 7.93. The van der Waals surface area contributed by atoms with Crippen LogP contribution in [0.3, 0.4) is 0 Å². The summed E-state index contributed by atoms with van der Waals surface area (Å²) in [5.41, 5.74) is 1.02. The van der Waals surface area contributed by atoms with Crippen LogP contribution < -0.4 is 5.32 Å². The highest BCUT2D eigenvalue weighted by Crippen LogP contribution is 2.07. The van der Waals surface area contributed by atoms with Crippen LogP contribution in [0.2, 0.25) is 0 Å². The second kappa shape index (κ2) is 9.13. The van der Waals surface area contributed by atoms with Crippen LogP contribution in [0.1, 0.15) is 51.9 Å². The molecule has 0 fully saturated rings. The lowest BCUT2D eigenvalue weighted by Crippen LogP contribution is -2.01. The zero-order valence-corrected chi connectivity index (χ0v) is 10.3. The first-order valence-electron chi connectivity index (χ1n) is 6.42. The SMILES string of the molecule is CCCCCCCCCNc1cncnc1. The lowest BCUT2D eigenvalue weighted by atomic mass is 10.1. The molecule has 1 rings (SSSR count). The van der Waals surface area contributed by atoms with Gasteiger partial charge in [0.25, 0.3) is 0 Å². The number of aromatic nitrogens is 2. The van der Waals surface area contributed by atoms with Crippen LogP contribution in [-0.2, 0) is 0 Å². The molecule has 1 aromatic heterocycles. The highest BCUT2D eigenvalue weighted by Gasteiger charge is 1.92. The van der Waals surface area contributed by atoms with Gasteiger partial charge in [0.1, 0.15) is 6.33 Å². The number of nitrogens with zero attached hydrogens (tertiary/aromatic N) is 2. The lowest BCUT2D eigenvalue weighted by molar-refractivity contribution is 0.596. The van der Waals surface area contributed by atoms with Crippen molar-refractivity contribution in [3.8, 4) is 0 Å². The van der Waals surface area contributed by atoms with Crippen molar-refractivity contribution in [2.75, 3.05) is 11.9 Å². The highest BCUT2D eigenvalue weighted by atomic mass is 14.9. The van der Waals surface area contributed by atoms with E-state index in [1.165, 1.54) is 44.9 Å². The largest absolute Gasteiger partial charge is 0.383 e. The van der Waals surface area contributed by atoms with Crippen molar-refractivity contribution in [1.29, 1.82) is 0 Å². The summed E-state index contributed by atoms with van der Waals surface area (Å²) in [6.07, 6.45) is 14.6. The molecule has 3 heteroatoms. The molecule has 16 heavy (non-hydrogen) atoms. The third-order valence-corrected chi connectivity index (χ3v) is 2.67. The normalized spacial score (nSPS) is 10.3. The molecule has 0 amide bonds. The van der Waals surface area contributed by atoms with Gasteiger partial charge in [-0.05, 0) is 6.42 Å². The van der Waals surface area contributed by atoms with Gasteiger partial charge >= 0.3 is 0 Å². The van der Waals surface area contributed by atoms with E-state index in [0.717, 1.165) is 12.2 Å². The Kier molecular flexibility index (Phi) is 7.39. The summed E-state index contributed by atoms with van der Waals surface area (Å²) in [5.74, 6) is 0. The van der Waals surface area contributed by atoms with E-state index < -0.39 is 0 Å². The predicted octanol–water partition coefficient (Wildman–Crippen LogP) is 3.64. The molecule has 0 bridgehead atoms. The average Bonchev–Trinajstić information content (AvgIpc) is 2.34. The van der Waals surface area contributed by atoms with Gasteiger partial charge in [-0.2, -0.15) is 0 Å². The summed E-state index contributed by atoms with van der Waals surface area (Å²) in [6.45, 7) is 3.28. The van der Waals surface area contributed by atoms with Gasteiger partial charge < -0.3 is 5.32 Å². The van der Waals surface area contributed by atoms with Crippen molar-refractivity contribution < 1.29 is 0 Å². The molecule has 0 unspecified atom stereocenters. The van der Waals surface area contributed by atoms with E-state index in [1.54, 1.807) is 6.33 Å². The van der Waals surface area contributed by atoms with Crippen molar-refractivity contribution >= 4 is 5.69 Å². The Balaban J connectivity index is 1.89. The molecule has 1 N–H and O–H groups in total. The number of rotatable bonds is 9. The number of anilines is 1. The highest BCUT2D eigenvalue weighted by molar-refractivity contribution is 5.36. The predicted molar refractivity (Wildman–Crippen MR) is 68.5 cm³/mol. The van der Waals surface area contributed by atoms with Crippen LogP contribution in [0, 0.1) is 0 Å². The van der Waals surface area contributed by atoms with Gasteiger partial charge in [0.05, 0.1) is 18.1 Å². The molecule has 0 saturated heterocycles. The maximum Gasteiger partial charge on any atom is 0.115 e. The molecular weight excluding hydrogens is 198 g/mol. The summed E-state index contributed by atoms with van der Waals surface area (Å²) in [7, 11) is 0. The van der Waals surface area contributed by atoms with Crippen LogP contribution in [0.25, 0.3) is 0 Å². The summed E-state index contributed by atoms with van der Waals surface area (Å²) in [6, 6.07) is 0. The molecule has 3 nitrogen and oxygen atoms in total. The molecule has 0 atom stereocenters. The molecule has 90 valence electrons. The second-order valence-corrected chi connectivity index (χ2v) is 4.18. The topological polar surface area (TPSA) is 37.8 Å². The Labute approximate surface area is 98.7 Å². The fourth-order valence-electron chi connectivity index (χ4n) is 1.71. The summed E-state index contributed by atoms with van der Waals surface area (Å²) in [5, 5.41) is 3.32. The van der Waals surface area contributed by atoms with Gasteiger partial charge in [0.2, 0.25) is 0 Å². The Hall–Kier alpha value is -1.12. The van der Waals surface area contributed by atoms with Crippen molar-refractivity contribution in [3.05, 3.63) is 18.7 Å². The fraction of sp³-hybridized carbons (Fsp3) is 0.692. The van der Waals surface area contributed by atoms with Gasteiger partial charge in [-0.25, -0.2) is 9.97 Å². The van der Waals surface area contributed by atoms with Crippen LogP contribution in [0.15, 0.2) is 18.7 Å². The zero-order chi connectivity index (χ0) is 11.5. The van der Waals surface area contributed by atoms with Gasteiger partial charge in [-0.15, -0.1) is 0 Å². The Morgan fingerprint density at radius 3 is 2.25 bits per heavy atom. The van der Waals surface area contributed by atoms with E-state index in [1.807, 2.05) is 12.4 Å². The lowest BCUT2D eigenvalue weighted by Gasteiger charge is -2.04. The summed E-state index contributed by atoms with van der Waals surface area (Å²) >= 11 is 0. The van der Waals surface area contributed by atoms with Crippen LogP contribution in [0.5, 0.6) is 0 Å². The van der Waals surface area contributed by atoms with Crippen LogP contribution >= 0.6 is 0 Å². The smallest absolute Gasteiger partial charge is 0.115 e. The molecular formula is C13H23N3. The van der Waals surface area contributed by atoms with Crippen molar-refractivity contribution in [3.63, 3.8) is 0 Å². The van der Waals surface area contributed by atoms with Crippen molar-refractivity contribution in [2.45, 2.75) is 51.9 Å². The van der Waals surface area contributed by atoms with Crippen molar-refractivity contribution in [1.82, 2.24) is 9.97 Å². The maximum atomic E-state index is 3.96. The molecule has 0 aromatic carbocycles. The Morgan fingerprint density at radius 2 is 1.56 bits per heavy atom. The second-order valence-electron chi connectivity index (χ2n) is 4.18. The average molecular weight is 221 g/mol. The van der Waals surface area contributed by atoms with Gasteiger partial charge in [-0.1, -0.05) is 45.4 Å². The molecule has 0 saturated carbocycles. The molecule has 1 aromatic rings. The number of nitrogens with one attached hydrogen (secondary N) is 1. The number of unbranched alkanes of at least 4 members (excludes halogenated alkanes) is 6. The molecule has 0 aliphatic rings. The minimum absolute atomic E-state index is 1.02. The first kappa shape index (κ1) is 12.9. The fourth-order valence-corrected chi connectivity index (χ4v) is 1.71. The third kappa shape index (κ3) is 6.38. The monoisotopic (exact) mass is 221 g/mol. The maximum absolute atomic E-state index is 3.96. The van der Waals surface area contributed by atoms with Crippen molar-refractivity contribution in [2.24, 2.45) is 0 Å². The first-order valence-corrected chi connectivity index (χ1v) is 6.42. The zero-order valence-electron chi connectivity index (χ0n) is 10.3. The minimum atomic E-state index is 1.02. The minimum Gasteiger partial charge on any atom is -0.383 e. The molecule has 0 spiro atoms. The molecule has 0 aliphatic heterocycles. The summed E-state index contributed by atoms with van der Waals surface area (Å²) in [4.78, 5) is 7.92. The van der Waals surface area contributed by atoms with E-state index in [9.17, 15) is 0 Å². The van der Waals surface area contributed by atoms with E-state index >= 15 is 0 Å². The Morgan fingerprint density at radius 1 is 0.938 bits per heavy atom. The van der Waals surface area contributed by atoms with Crippen LogP contribution in [-0.4, -0.2) is 16.5 Å². The quantitative estimate of drug-likeness (QED) is 0.647. The number of hydrogen-bond donors (Lipinski definition) is 1. The number of hydrogen-bond acceptors (Lipinski definition) is 3. The van der Waals surface area contributed by atoms with Crippen LogP contribution in [0.4, 0.5) is 5.69 Å². The van der Waals surface area contributed by atoms with E-state index in [2.05, 4.69) is 22.2 Å². The van der Waals surface area contributed by atoms with E-state index in [0.29, 0.717) is 0 Å².